The van der Waals surface area contributed by atoms with E-state index in [-0.39, 0.29) is 10.9 Å². The second-order valence-corrected chi connectivity index (χ2v) is 3.81. The Morgan fingerprint density at radius 1 is 1.11 bits per heavy atom. The molecule has 0 bridgehead atoms. The van der Waals surface area contributed by atoms with E-state index in [2.05, 4.69) is 4.98 Å². The Morgan fingerprint density at radius 3 is 2.61 bits per heavy atom. The highest BCUT2D eigenvalue weighted by Crippen LogP contribution is 2.26. The predicted molar refractivity (Wildman–Crippen MR) is 67.1 cm³/mol. The van der Waals surface area contributed by atoms with Crippen molar-refractivity contribution < 1.29 is 9.62 Å². The molecule has 90 valence electrons. The van der Waals surface area contributed by atoms with Crippen LogP contribution >= 0.6 is 0 Å². The second kappa shape index (κ2) is 4.14. The Hall–Kier alpha value is -2.37. The minimum absolute atomic E-state index is 0.121. The van der Waals surface area contributed by atoms with Crippen LogP contribution in [0.1, 0.15) is 0 Å². The summed E-state index contributed by atoms with van der Waals surface area (Å²) in [7, 11) is 0. The molecule has 5 nitrogen and oxygen atoms in total. The molecule has 0 saturated carbocycles. The molecule has 0 fully saturated rings. The molecule has 0 unspecified atom stereocenters. The molecule has 0 aliphatic heterocycles. The van der Waals surface area contributed by atoms with Gasteiger partial charge in [-0.3, -0.25) is 5.21 Å². The van der Waals surface area contributed by atoms with Gasteiger partial charge in [0.2, 0.25) is 5.89 Å². The van der Waals surface area contributed by atoms with E-state index in [4.69, 9.17) is 9.62 Å². The van der Waals surface area contributed by atoms with Crippen molar-refractivity contribution in [3.63, 3.8) is 0 Å². The van der Waals surface area contributed by atoms with Gasteiger partial charge in [-0.2, -0.15) is 0 Å². The quantitative estimate of drug-likeness (QED) is 0.697. The van der Waals surface area contributed by atoms with Crippen LogP contribution < -0.4 is 5.23 Å². The van der Waals surface area contributed by atoms with E-state index in [0.717, 1.165) is 5.56 Å². The molecular formula is C13H9N2O3-. The number of nitrogens with zero attached hydrogens (tertiary/aromatic N) is 2. The van der Waals surface area contributed by atoms with Crippen molar-refractivity contribution in [3.05, 3.63) is 53.7 Å². The molecule has 5 heteroatoms. The van der Waals surface area contributed by atoms with Gasteiger partial charge in [-0.1, -0.05) is 18.2 Å². The molecule has 0 amide bonds. The van der Waals surface area contributed by atoms with Gasteiger partial charge in [0.25, 0.3) is 0 Å². The Kier molecular flexibility index (Phi) is 2.47. The number of fused-ring (bicyclic) bond motifs is 1. The Morgan fingerprint density at radius 2 is 1.89 bits per heavy atom. The van der Waals surface area contributed by atoms with Crippen molar-refractivity contribution in [2.75, 3.05) is 5.23 Å². The largest absolute Gasteiger partial charge is 0.733 e. The summed E-state index contributed by atoms with van der Waals surface area (Å²) in [5, 5.41) is 19.4. The molecule has 3 rings (SSSR count). The van der Waals surface area contributed by atoms with Crippen molar-refractivity contribution in [2.45, 2.75) is 0 Å². The summed E-state index contributed by atoms with van der Waals surface area (Å²) in [6.07, 6.45) is 0. The third-order valence-electron chi connectivity index (χ3n) is 2.61. The monoisotopic (exact) mass is 241 g/mol. The van der Waals surface area contributed by atoms with Crippen LogP contribution in [0.15, 0.2) is 52.9 Å². The first-order valence-electron chi connectivity index (χ1n) is 5.36. The molecule has 0 saturated heterocycles. The average Bonchev–Trinajstić information content (AvgIpc) is 2.82. The van der Waals surface area contributed by atoms with Gasteiger partial charge in [0.1, 0.15) is 5.52 Å². The Labute approximate surface area is 102 Å². The number of oxazole rings is 1. The molecule has 0 atom stereocenters. The molecular weight excluding hydrogens is 232 g/mol. The molecule has 1 heterocycles. The SMILES string of the molecule is [O-]N(O)c1ccc2oc(-c3ccccc3)nc2c1. The molecule has 0 spiro atoms. The fourth-order valence-electron chi connectivity index (χ4n) is 1.74. The lowest BCUT2D eigenvalue weighted by molar-refractivity contribution is 0.296. The van der Waals surface area contributed by atoms with Crippen LogP contribution in [0.5, 0.6) is 0 Å². The molecule has 0 aliphatic rings. The maximum Gasteiger partial charge on any atom is 0.227 e. The second-order valence-electron chi connectivity index (χ2n) is 3.81. The summed E-state index contributed by atoms with van der Waals surface area (Å²) < 4.78 is 5.58. The van der Waals surface area contributed by atoms with Crippen molar-refractivity contribution in [1.29, 1.82) is 0 Å². The first-order valence-corrected chi connectivity index (χ1v) is 5.36. The van der Waals surface area contributed by atoms with Gasteiger partial charge in [0.15, 0.2) is 5.58 Å². The zero-order chi connectivity index (χ0) is 12.5. The zero-order valence-corrected chi connectivity index (χ0v) is 9.28. The Balaban J connectivity index is 2.11. The highest BCUT2D eigenvalue weighted by Gasteiger charge is 2.08. The number of anilines is 1. The van der Waals surface area contributed by atoms with Gasteiger partial charge in [-0.15, -0.1) is 0 Å². The molecule has 1 N–H and O–H groups in total. The van der Waals surface area contributed by atoms with Crippen LogP contribution in [0.25, 0.3) is 22.6 Å². The van der Waals surface area contributed by atoms with Crippen molar-refractivity contribution >= 4 is 16.8 Å². The lowest BCUT2D eigenvalue weighted by atomic mass is 10.2. The molecule has 3 aromatic rings. The standard InChI is InChI=1S/C13H9N2O3/c16-15(17)10-6-7-12-11(8-10)14-13(18-12)9-4-2-1-3-5-9/h1-8,16H/q-1. The number of hydrogen-bond acceptors (Lipinski definition) is 5. The van der Waals surface area contributed by atoms with E-state index >= 15 is 0 Å². The Bertz CT molecular complexity index is 677. The van der Waals surface area contributed by atoms with Gasteiger partial charge in [-0.25, -0.2) is 4.98 Å². The smallest absolute Gasteiger partial charge is 0.227 e. The van der Waals surface area contributed by atoms with Gasteiger partial charge in [0.05, 0.1) is 5.69 Å². The van der Waals surface area contributed by atoms with Crippen LogP contribution in [-0.4, -0.2) is 10.2 Å². The van der Waals surface area contributed by atoms with E-state index in [1.165, 1.54) is 12.1 Å². The van der Waals surface area contributed by atoms with E-state index in [0.29, 0.717) is 17.0 Å². The molecule has 2 aromatic carbocycles. The fourth-order valence-corrected chi connectivity index (χ4v) is 1.74. The first-order chi connectivity index (χ1) is 8.74. The van der Waals surface area contributed by atoms with Crippen LogP contribution in [0.3, 0.4) is 0 Å². The lowest BCUT2D eigenvalue weighted by Gasteiger charge is -2.20. The van der Waals surface area contributed by atoms with Crippen LogP contribution in [-0.2, 0) is 0 Å². The number of rotatable bonds is 2. The zero-order valence-electron chi connectivity index (χ0n) is 9.28. The average molecular weight is 241 g/mol. The van der Waals surface area contributed by atoms with Crippen molar-refractivity contribution in [3.8, 4) is 11.5 Å². The van der Waals surface area contributed by atoms with Gasteiger partial charge in [0, 0.05) is 5.56 Å². The number of aromatic nitrogens is 1. The summed E-state index contributed by atoms with van der Waals surface area (Å²) in [6.45, 7) is 0. The highest BCUT2D eigenvalue weighted by atomic mass is 16.8. The van der Waals surface area contributed by atoms with Crippen LogP contribution in [0.4, 0.5) is 5.69 Å². The lowest BCUT2D eigenvalue weighted by Crippen LogP contribution is -2.06. The summed E-state index contributed by atoms with van der Waals surface area (Å²) in [4.78, 5) is 4.28. The van der Waals surface area contributed by atoms with E-state index in [1.807, 2.05) is 30.3 Å². The summed E-state index contributed by atoms with van der Waals surface area (Å²) in [5.74, 6) is 0.484. The molecule has 1 aromatic heterocycles. The first kappa shape index (κ1) is 10.8. The minimum atomic E-state index is -0.198. The van der Waals surface area contributed by atoms with E-state index in [9.17, 15) is 5.21 Å². The molecule has 0 aliphatic carbocycles. The topological polar surface area (TPSA) is 72.6 Å². The summed E-state index contributed by atoms with van der Waals surface area (Å²) in [5.41, 5.74) is 2.08. The summed E-state index contributed by atoms with van der Waals surface area (Å²) >= 11 is 0. The third kappa shape index (κ3) is 1.81. The minimum Gasteiger partial charge on any atom is -0.733 e. The molecule has 18 heavy (non-hydrogen) atoms. The number of benzene rings is 2. The predicted octanol–water partition coefficient (Wildman–Crippen LogP) is 3.19. The third-order valence-corrected chi connectivity index (χ3v) is 2.61. The van der Waals surface area contributed by atoms with Crippen LogP contribution in [0, 0.1) is 5.21 Å². The fraction of sp³-hybridized carbons (Fsp3) is 0. The maximum absolute atomic E-state index is 10.8. The normalized spacial score (nSPS) is 10.8. The highest BCUT2D eigenvalue weighted by molar-refractivity contribution is 5.80. The van der Waals surface area contributed by atoms with E-state index in [1.54, 1.807) is 6.07 Å². The van der Waals surface area contributed by atoms with E-state index < -0.39 is 0 Å². The van der Waals surface area contributed by atoms with Gasteiger partial charge < -0.3 is 14.9 Å². The van der Waals surface area contributed by atoms with Crippen molar-refractivity contribution in [2.24, 2.45) is 0 Å². The molecule has 0 radical (unpaired) electrons. The van der Waals surface area contributed by atoms with Crippen LogP contribution in [0.2, 0.25) is 0 Å². The van der Waals surface area contributed by atoms with Gasteiger partial charge >= 0.3 is 0 Å². The number of hydrogen-bond donors (Lipinski definition) is 1. The van der Waals surface area contributed by atoms with Gasteiger partial charge in [-0.05, 0) is 30.3 Å². The maximum atomic E-state index is 10.8. The summed E-state index contributed by atoms with van der Waals surface area (Å²) in [6, 6.07) is 14.0. The van der Waals surface area contributed by atoms with Crippen molar-refractivity contribution in [1.82, 2.24) is 4.98 Å².